The van der Waals surface area contributed by atoms with Gasteiger partial charge in [-0.05, 0) is 43.9 Å². The van der Waals surface area contributed by atoms with Crippen molar-refractivity contribution in [2.45, 2.75) is 31.8 Å². The van der Waals surface area contributed by atoms with Crippen molar-refractivity contribution in [3.05, 3.63) is 47.3 Å². The van der Waals surface area contributed by atoms with Gasteiger partial charge < -0.3 is 19.5 Å². The smallest absolute Gasteiger partial charge is 0.290 e. The molecule has 29 heavy (non-hydrogen) atoms. The number of fused-ring (bicyclic) bond motifs is 1. The van der Waals surface area contributed by atoms with E-state index in [1.165, 1.54) is 12.8 Å². The Balaban J connectivity index is 1.35. The number of nitrogens with one attached hydrogen (secondary N) is 1. The second-order valence-electron chi connectivity index (χ2n) is 7.62. The van der Waals surface area contributed by atoms with Gasteiger partial charge in [-0.15, -0.1) is 0 Å². The molecule has 2 aliphatic rings. The number of aromatic amines is 1. The van der Waals surface area contributed by atoms with E-state index in [0.29, 0.717) is 11.7 Å². The van der Waals surface area contributed by atoms with E-state index >= 15 is 0 Å². The molecule has 1 saturated carbocycles. The largest absolute Gasteiger partial charge is 0.474 e. The molecule has 1 N–H and O–H groups in total. The molecule has 150 valence electrons. The number of ether oxygens (including phenoxy) is 1. The monoisotopic (exact) mass is 392 g/mol. The number of hydrogen-bond acceptors (Lipinski definition) is 7. The number of anilines is 2. The Morgan fingerprint density at radius 3 is 2.59 bits per heavy atom. The summed E-state index contributed by atoms with van der Waals surface area (Å²) in [4.78, 5) is 32.1. The maximum absolute atomic E-state index is 12.0. The van der Waals surface area contributed by atoms with Gasteiger partial charge in [-0.2, -0.15) is 0 Å². The first-order valence-corrected chi connectivity index (χ1v) is 10.2. The van der Waals surface area contributed by atoms with Crippen LogP contribution in [0.2, 0.25) is 0 Å². The third kappa shape index (κ3) is 3.62. The van der Waals surface area contributed by atoms with Crippen molar-refractivity contribution >= 4 is 22.4 Å². The van der Waals surface area contributed by atoms with Gasteiger partial charge in [0.05, 0.1) is 10.9 Å². The summed E-state index contributed by atoms with van der Waals surface area (Å²) in [5.74, 6) is 1.17. The van der Waals surface area contributed by atoms with Crippen LogP contribution >= 0.6 is 0 Å². The zero-order valence-corrected chi connectivity index (χ0v) is 16.3. The van der Waals surface area contributed by atoms with Gasteiger partial charge in [0, 0.05) is 44.3 Å². The molecule has 0 amide bonds. The van der Waals surface area contributed by atoms with Crippen molar-refractivity contribution in [3.8, 4) is 5.88 Å². The SMILES string of the molecule is O=c1[nH]ccnc1N1CCN(c2ccc3ncnc(OC4CCCC4)c3c2)CC1. The summed E-state index contributed by atoms with van der Waals surface area (Å²) in [6.45, 7) is 3.12. The maximum atomic E-state index is 12.0. The van der Waals surface area contributed by atoms with E-state index in [2.05, 4.69) is 37.0 Å². The van der Waals surface area contributed by atoms with Gasteiger partial charge in [0.15, 0.2) is 5.82 Å². The number of benzene rings is 1. The van der Waals surface area contributed by atoms with Crippen LogP contribution in [0.5, 0.6) is 5.88 Å². The fourth-order valence-corrected chi connectivity index (χ4v) is 4.22. The molecule has 8 heteroatoms. The molecule has 1 aliphatic carbocycles. The Morgan fingerprint density at radius 1 is 1.00 bits per heavy atom. The molecule has 2 aromatic heterocycles. The van der Waals surface area contributed by atoms with Crippen molar-refractivity contribution < 1.29 is 4.74 Å². The van der Waals surface area contributed by atoms with Gasteiger partial charge >= 0.3 is 0 Å². The van der Waals surface area contributed by atoms with Crippen molar-refractivity contribution in [2.75, 3.05) is 36.0 Å². The average molecular weight is 392 g/mol. The second-order valence-corrected chi connectivity index (χ2v) is 7.62. The summed E-state index contributed by atoms with van der Waals surface area (Å²) < 4.78 is 6.19. The number of hydrogen-bond donors (Lipinski definition) is 1. The molecule has 2 fully saturated rings. The first kappa shape index (κ1) is 17.9. The van der Waals surface area contributed by atoms with Crippen LogP contribution < -0.4 is 20.1 Å². The summed E-state index contributed by atoms with van der Waals surface area (Å²) in [5, 5.41) is 0.959. The van der Waals surface area contributed by atoms with Crippen LogP contribution in [-0.4, -0.2) is 52.2 Å². The highest BCUT2D eigenvalue weighted by molar-refractivity contribution is 5.86. The molecule has 0 radical (unpaired) electrons. The van der Waals surface area contributed by atoms with Crippen molar-refractivity contribution in [2.24, 2.45) is 0 Å². The number of nitrogens with zero attached hydrogens (tertiary/aromatic N) is 5. The highest BCUT2D eigenvalue weighted by atomic mass is 16.5. The minimum atomic E-state index is -0.141. The van der Waals surface area contributed by atoms with Crippen LogP contribution in [0.3, 0.4) is 0 Å². The Bertz CT molecular complexity index is 1050. The van der Waals surface area contributed by atoms with E-state index < -0.39 is 0 Å². The Hall–Kier alpha value is -3.16. The summed E-state index contributed by atoms with van der Waals surface area (Å²) >= 11 is 0. The topological polar surface area (TPSA) is 87.2 Å². The van der Waals surface area contributed by atoms with E-state index in [9.17, 15) is 4.79 Å². The molecule has 1 aromatic carbocycles. The Labute approximate surface area is 168 Å². The number of rotatable bonds is 4. The number of H-pyrrole nitrogens is 1. The molecule has 0 bridgehead atoms. The molecule has 3 heterocycles. The zero-order valence-electron chi connectivity index (χ0n) is 16.3. The molecular weight excluding hydrogens is 368 g/mol. The highest BCUT2D eigenvalue weighted by Gasteiger charge is 2.22. The van der Waals surface area contributed by atoms with Gasteiger partial charge in [-0.25, -0.2) is 15.0 Å². The van der Waals surface area contributed by atoms with Gasteiger partial charge in [-0.1, -0.05) is 0 Å². The molecule has 1 aliphatic heterocycles. The predicted molar refractivity (Wildman–Crippen MR) is 112 cm³/mol. The standard InChI is InChI=1S/C21H24N6O2/c28-20-19(22-7-8-23-20)27-11-9-26(10-12-27)15-5-6-18-17(13-15)21(25-14-24-18)29-16-3-1-2-4-16/h5-8,13-14,16H,1-4,9-12H2,(H,23,28). The van der Waals surface area contributed by atoms with E-state index in [1.807, 2.05) is 11.0 Å². The molecule has 0 spiro atoms. The first-order valence-electron chi connectivity index (χ1n) is 10.2. The van der Waals surface area contributed by atoms with Crippen LogP contribution in [-0.2, 0) is 0 Å². The summed E-state index contributed by atoms with van der Waals surface area (Å²) in [7, 11) is 0. The first-order chi connectivity index (χ1) is 14.3. The minimum Gasteiger partial charge on any atom is -0.474 e. The third-order valence-electron chi connectivity index (χ3n) is 5.80. The summed E-state index contributed by atoms with van der Waals surface area (Å²) in [5.41, 5.74) is 1.88. The van der Waals surface area contributed by atoms with Gasteiger partial charge in [0.25, 0.3) is 5.56 Å². The molecular formula is C21H24N6O2. The number of aromatic nitrogens is 4. The predicted octanol–water partition coefficient (Wildman–Crippen LogP) is 2.36. The van der Waals surface area contributed by atoms with Gasteiger partial charge in [-0.3, -0.25) is 4.79 Å². The fraction of sp³-hybridized carbons (Fsp3) is 0.429. The molecule has 5 rings (SSSR count). The van der Waals surface area contributed by atoms with E-state index in [1.54, 1.807) is 18.7 Å². The molecule has 0 unspecified atom stereocenters. The van der Waals surface area contributed by atoms with Crippen molar-refractivity contribution in [3.63, 3.8) is 0 Å². The summed E-state index contributed by atoms with van der Waals surface area (Å²) in [6.07, 6.45) is 9.67. The highest BCUT2D eigenvalue weighted by Crippen LogP contribution is 2.30. The maximum Gasteiger partial charge on any atom is 0.290 e. The fourth-order valence-electron chi connectivity index (χ4n) is 4.22. The Morgan fingerprint density at radius 2 is 1.79 bits per heavy atom. The lowest BCUT2D eigenvalue weighted by atomic mass is 10.2. The Kier molecular flexibility index (Phi) is 4.75. The molecule has 8 nitrogen and oxygen atoms in total. The van der Waals surface area contributed by atoms with Crippen LogP contribution in [0.15, 0.2) is 41.7 Å². The molecule has 0 atom stereocenters. The average Bonchev–Trinajstić information content (AvgIpc) is 3.27. The third-order valence-corrected chi connectivity index (χ3v) is 5.80. The normalized spacial score (nSPS) is 17.8. The second kappa shape index (κ2) is 7.69. The van der Waals surface area contributed by atoms with Crippen LogP contribution in [0, 0.1) is 0 Å². The zero-order chi connectivity index (χ0) is 19.6. The number of piperazine rings is 1. The van der Waals surface area contributed by atoms with E-state index in [4.69, 9.17) is 4.74 Å². The molecule has 3 aromatic rings. The summed E-state index contributed by atoms with van der Waals surface area (Å²) in [6, 6.07) is 6.25. The van der Waals surface area contributed by atoms with E-state index in [0.717, 1.165) is 55.6 Å². The van der Waals surface area contributed by atoms with E-state index in [-0.39, 0.29) is 11.7 Å². The van der Waals surface area contributed by atoms with Crippen molar-refractivity contribution in [1.82, 2.24) is 19.9 Å². The lowest BCUT2D eigenvalue weighted by molar-refractivity contribution is 0.204. The van der Waals surface area contributed by atoms with Crippen LogP contribution in [0.25, 0.3) is 10.9 Å². The van der Waals surface area contributed by atoms with Crippen LogP contribution in [0.4, 0.5) is 11.5 Å². The molecule has 1 saturated heterocycles. The minimum absolute atomic E-state index is 0.141. The van der Waals surface area contributed by atoms with Crippen LogP contribution in [0.1, 0.15) is 25.7 Å². The lowest BCUT2D eigenvalue weighted by Gasteiger charge is -2.36. The quantitative estimate of drug-likeness (QED) is 0.729. The van der Waals surface area contributed by atoms with Gasteiger partial charge in [0.1, 0.15) is 12.4 Å². The van der Waals surface area contributed by atoms with Crippen molar-refractivity contribution in [1.29, 1.82) is 0 Å². The van der Waals surface area contributed by atoms with Gasteiger partial charge in [0.2, 0.25) is 5.88 Å². The lowest BCUT2D eigenvalue weighted by Crippen LogP contribution is -2.48.